The Labute approximate surface area is 138 Å². The maximum Gasteiger partial charge on any atom is 0.417 e. The van der Waals surface area contributed by atoms with Gasteiger partial charge in [-0.05, 0) is 46.9 Å². The molecule has 0 amide bonds. The third-order valence-electron chi connectivity index (χ3n) is 3.57. The van der Waals surface area contributed by atoms with Crippen LogP contribution in [0.5, 0.6) is 0 Å². The summed E-state index contributed by atoms with van der Waals surface area (Å²) in [5.41, 5.74) is -4.48. The molecule has 0 aliphatic heterocycles. The van der Waals surface area contributed by atoms with Crippen molar-refractivity contribution < 1.29 is 35.1 Å². The van der Waals surface area contributed by atoms with E-state index >= 15 is 0 Å². The molecule has 0 aliphatic rings. The van der Waals surface area contributed by atoms with Crippen LogP contribution in [-0.4, -0.2) is 0 Å². The molecular weight excluding hydrogens is 356 g/mol. The first-order valence-corrected chi connectivity index (χ1v) is 7.09. The maximum atomic E-state index is 13.4. The lowest BCUT2D eigenvalue weighted by atomic mass is 9.86. The number of halogens is 8. The predicted octanol–water partition coefficient (Wildman–Crippen LogP) is 6.79. The zero-order valence-corrected chi connectivity index (χ0v) is 13.0. The highest BCUT2D eigenvalue weighted by atomic mass is 19.4. The summed E-state index contributed by atoms with van der Waals surface area (Å²) < 4.78 is 106. The summed E-state index contributed by atoms with van der Waals surface area (Å²) in [4.78, 5) is 0. The summed E-state index contributed by atoms with van der Waals surface area (Å²) >= 11 is 0. The SMILES string of the molecule is CC(C)c1cc(C(F)(F)F)cc(C(F)(F)F)c1-c1cc(F)cc(F)c1. The van der Waals surface area contributed by atoms with Crippen molar-refractivity contribution in [2.24, 2.45) is 0 Å². The Bertz CT molecular complexity index is 764. The van der Waals surface area contributed by atoms with E-state index in [1.165, 1.54) is 13.8 Å². The normalized spacial score (nSPS) is 12.8. The van der Waals surface area contributed by atoms with Crippen LogP contribution in [0, 0.1) is 11.6 Å². The number of hydrogen-bond donors (Lipinski definition) is 0. The second-order valence-corrected chi connectivity index (χ2v) is 5.80. The molecule has 0 spiro atoms. The van der Waals surface area contributed by atoms with Gasteiger partial charge in [0.05, 0.1) is 11.1 Å². The second-order valence-electron chi connectivity index (χ2n) is 5.80. The molecule has 25 heavy (non-hydrogen) atoms. The minimum atomic E-state index is -5.14. The van der Waals surface area contributed by atoms with Gasteiger partial charge in [-0.25, -0.2) is 8.78 Å². The number of hydrogen-bond acceptors (Lipinski definition) is 0. The van der Waals surface area contributed by atoms with Crippen LogP contribution in [-0.2, 0) is 12.4 Å². The minimum Gasteiger partial charge on any atom is -0.207 e. The van der Waals surface area contributed by atoms with Gasteiger partial charge in [-0.2, -0.15) is 26.3 Å². The summed E-state index contributed by atoms with van der Waals surface area (Å²) in [6.07, 6.45) is -10.1. The highest BCUT2D eigenvalue weighted by Gasteiger charge is 2.40. The molecule has 0 N–H and O–H groups in total. The third kappa shape index (κ3) is 4.11. The molecule has 136 valence electrons. The maximum absolute atomic E-state index is 13.4. The topological polar surface area (TPSA) is 0 Å². The second kappa shape index (κ2) is 6.31. The first-order chi connectivity index (χ1) is 11.3. The van der Waals surface area contributed by atoms with Gasteiger partial charge < -0.3 is 0 Å². The summed E-state index contributed by atoms with van der Waals surface area (Å²) in [7, 11) is 0. The molecule has 0 radical (unpaired) electrons. The van der Waals surface area contributed by atoms with Crippen molar-refractivity contribution in [3.63, 3.8) is 0 Å². The van der Waals surface area contributed by atoms with Crippen LogP contribution < -0.4 is 0 Å². The van der Waals surface area contributed by atoms with Gasteiger partial charge in [0.15, 0.2) is 0 Å². The molecule has 0 nitrogen and oxygen atoms in total. The fourth-order valence-corrected chi connectivity index (χ4v) is 2.53. The summed E-state index contributed by atoms with van der Waals surface area (Å²) in [6.45, 7) is 2.80. The molecule has 8 heteroatoms. The van der Waals surface area contributed by atoms with Crippen LogP contribution >= 0.6 is 0 Å². The van der Waals surface area contributed by atoms with E-state index in [0.717, 1.165) is 0 Å². The van der Waals surface area contributed by atoms with Gasteiger partial charge in [-0.3, -0.25) is 0 Å². The van der Waals surface area contributed by atoms with Gasteiger partial charge >= 0.3 is 12.4 Å². The average Bonchev–Trinajstić information content (AvgIpc) is 2.42. The van der Waals surface area contributed by atoms with E-state index in [2.05, 4.69) is 0 Å². The number of alkyl halides is 6. The number of benzene rings is 2. The largest absolute Gasteiger partial charge is 0.417 e. The van der Waals surface area contributed by atoms with E-state index in [1.807, 2.05) is 0 Å². The Morgan fingerprint density at radius 1 is 0.720 bits per heavy atom. The Hall–Kier alpha value is -2.12. The zero-order valence-electron chi connectivity index (χ0n) is 13.0. The van der Waals surface area contributed by atoms with E-state index in [-0.39, 0.29) is 11.6 Å². The molecule has 0 atom stereocenters. The van der Waals surface area contributed by atoms with Gasteiger partial charge in [0.25, 0.3) is 0 Å². The van der Waals surface area contributed by atoms with Crippen LogP contribution in [0.3, 0.4) is 0 Å². The molecule has 0 saturated carbocycles. The van der Waals surface area contributed by atoms with Crippen molar-refractivity contribution in [2.75, 3.05) is 0 Å². The van der Waals surface area contributed by atoms with Crippen molar-refractivity contribution in [3.8, 4) is 11.1 Å². The monoisotopic (exact) mass is 368 g/mol. The van der Waals surface area contributed by atoms with E-state index in [0.29, 0.717) is 24.3 Å². The molecule has 2 aromatic carbocycles. The molecule has 0 aromatic heterocycles. The zero-order chi connectivity index (χ0) is 19.2. The lowest BCUT2D eigenvalue weighted by molar-refractivity contribution is -0.142. The van der Waals surface area contributed by atoms with Crippen LogP contribution in [0.15, 0.2) is 30.3 Å². The summed E-state index contributed by atoms with van der Waals surface area (Å²) in [6, 6.07) is 2.33. The van der Waals surface area contributed by atoms with Gasteiger partial charge in [0, 0.05) is 6.07 Å². The van der Waals surface area contributed by atoms with E-state index in [1.54, 1.807) is 0 Å². The summed E-state index contributed by atoms with van der Waals surface area (Å²) in [5, 5.41) is 0. The van der Waals surface area contributed by atoms with Gasteiger partial charge in [-0.1, -0.05) is 13.8 Å². The Balaban J connectivity index is 2.93. The molecule has 2 aromatic rings. The van der Waals surface area contributed by atoms with Crippen molar-refractivity contribution in [2.45, 2.75) is 32.1 Å². The predicted molar refractivity (Wildman–Crippen MR) is 75.9 cm³/mol. The van der Waals surface area contributed by atoms with E-state index < -0.39 is 52.2 Å². The molecular formula is C17H12F8. The van der Waals surface area contributed by atoms with Crippen LogP contribution in [0.25, 0.3) is 11.1 Å². The van der Waals surface area contributed by atoms with Crippen molar-refractivity contribution in [1.82, 2.24) is 0 Å². The molecule has 0 fully saturated rings. The van der Waals surface area contributed by atoms with Gasteiger partial charge in [0.2, 0.25) is 0 Å². The highest BCUT2D eigenvalue weighted by Crippen LogP contribution is 2.45. The Morgan fingerprint density at radius 2 is 1.24 bits per heavy atom. The third-order valence-corrected chi connectivity index (χ3v) is 3.57. The molecule has 2 rings (SSSR count). The average molecular weight is 368 g/mol. The molecule has 0 unspecified atom stereocenters. The highest BCUT2D eigenvalue weighted by molar-refractivity contribution is 5.73. The first-order valence-electron chi connectivity index (χ1n) is 7.09. The minimum absolute atomic E-state index is 0.0377. The molecule has 0 bridgehead atoms. The molecule has 0 aliphatic carbocycles. The van der Waals surface area contributed by atoms with Crippen molar-refractivity contribution in [1.29, 1.82) is 0 Å². The molecule has 0 saturated heterocycles. The van der Waals surface area contributed by atoms with Crippen LogP contribution in [0.1, 0.15) is 36.5 Å². The van der Waals surface area contributed by atoms with Crippen molar-refractivity contribution in [3.05, 3.63) is 58.7 Å². The van der Waals surface area contributed by atoms with E-state index in [9.17, 15) is 35.1 Å². The van der Waals surface area contributed by atoms with Crippen molar-refractivity contribution >= 4 is 0 Å². The Morgan fingerprint density at radius 3 is 1.64 bits per heavy atom. The standard InChI is InChI=1S/C17H12F8/c1-8(2)13-5-10(16(20,21)22)6-14(17(23,24)25)15(13)9-3-11(18)7-12(19)4-9/h3-8H,1-2H3. The first kappa shape index (κ1) is 19.2. The fraction of sp³-hybridized carbons (Fsp3) is 0.294. The Kier molecular flexibility index (Phi) is 4.85. The van der Waals surface area contributed by atoms with Crippen LogP contribution in [0.2, 0.25) is 0 Å². The smallest absolute Gasteiger partial charge is 0.207 e. The quantitative estimate of drug-likeness (QED) is 0.512. The van der Waals surface area contributed by atoms with E-state index in [4.69, 9.17) is 0 Å². The fourth-order valence-electron chi connectivity index (χ4n) is 2.53. The van der Waals surface area contributed by atoms with Gasteiger partial charge in [0.1, 0.15) is 11.6 Å². The molecule has 0 heterocycles. The van der Waals surface area contributed by atoms with Gasteiger partial charge in [-0.15, -0.1) is 0 Å². The lowest BCUT2D eigenvalue weighted by Gasteiger charge is -2.22. The lowest BCUT2D eigenvalue weighted by Crippen LogP contribution is -2.15. The summed E-state index contributed by atoms with van der Waals surface area (Å²) in [5.74, 6) is -3.00. The van der Waals surface area contributed by atoms with Crippen LogP contribution in [0.4, 0.5) is 35.1 Å². The number of rotatable bonds is 2.